The van der Waals surface area contributed by atoms with Crippen LogP contribution in [0.5, 0.6) is 11.5 Å². The summed E-state index contributed by atoms with van der Waals surface area (Å²) in [5, 5.41) is 0. The van der Waals surface area contributed by atoms with Crippen LogP contribution in [-0.4, -0.2) is 6.61 Å². The Hall–Kier alpha value is -2.38. The number of rotatable bonds is 10. The van der Waals surface area contributed by atoms with Crippen molar-refractivity contribution >= 4 is 0 Å². The zero-order valence-corrected chi connectivity index (χ0v) is 18.4. The van der Waals surface area contributed by atoms with Crippen molar-refractivity contribution < 1.29 is 35.8 Å². The van der Waals surface area contributed by atoms with Gasteiger partial charge in [0.15, 0.2) is 17.4 Å². The van der Waals surface area contributed by atoms with Crippen molar-refractivity contribution in [1.82, 2.24) is 0 Å². The second-order valence-electron chi connectivity index (χ2n) is 8.55. The molecule has 0 bridgehead atoms. The molecule has 0 N–H and O–H groups in total. The molecule has 0 atom stereocenters. The fraction of sp³-hybridized carbons (Fsp3) is 0.520. The van der Waals surface area contributed by atoms with Gasteiger partial charge >= 0.3 is 12.7 Å². The van der Waals surface area contributed by atoms with E-state index in [0.717, 1.165) is 37.2 Å². The number of ether oxygens (including phenoxy) is 2. The lowest BCUT2D eigenvalue weighted by Crippen LogP contribution is -2.23. The molecular weight excluding hydrogens is 446 g/mol. The second kappa shape index (κ2) is 11.2. The molecule has 0 saturated heterocycles. The molecule has 1 saturated carbocycles. The van der Waals surface area contributed by atoms with Crippen LogP contribution in [0.4, 0.5) is 26.3 Å². The van der Waals surface area contributed by atoms with Crippen molar-refractivity contribution in [2.75, 3.05) is 0 Å². The highest BCUT2D eigenvalue weighted by Crippen LogP contribution is 2.39. The summed E-state index contributed by atoms with van der Waals surface area (Å²) in [6.07, 6.45) is 5.35. The van der Waals surface area contributed by atoms with Crippen molar-refractivity contribution in [3.05, 3.63) is 59.2 Å². The van der Waals surface area contributed by atoms with E-state index in [9.17, 15) is 26.3 Å². The first kappa shape index (κ1) is 25.2. The Labute approximate surface area is 189 Å². The SMILES string of the molecule is CCCCCC1CCC(c2ccc(OC(F)(F)c3cc(F)c(OC(F)F)c(F)c3)cc2)CC1. The molecule has 1 aliphatic rings. The molecule has 2 nitrogen and oxygen atoms in total. The molecule has 0 radical (unpaired) electrons. The van der Waals surface area contributed by atoms with Gasteiger partial charge in [-0.1, -0.05) is 44.7 Å². The monoisotopic (exact) mass is 474 g/mol. The first-order valence-corrected chi connectivity index (χ1v) is 11.3. The van der Waals surface area contributed by atoms with Crippen LogP contribution in [0.1, 0.15) is 75.3 Å². The predicted molar refractivity (Wildman–Crippen MR) is 113 cm³/mol. The standard InChI is InChI=1S/C25H28F6O2/c1-2-3-4-5-16-6-8-17(9-7-16)18-10-12-20(13-11-18)33-25(30,31)19-14-21(26)23(22(27)15-19)32-24(28)29/h10-17,24H,2-9H2,1H3. The van der Waals surface area contributed by atoms with E-state index in [2.05, 4.69) is 16.4 Å². The van der Waals surface area contributed by atoms with Crippen molar-refractivity contribution in [2.24, 2.45) is 5.92 Å². The van der Waals surface area contributed by atoms with E-state index in [0.29, 0.717) is 5.92 Å². The molecule has 2 aromatic carbocycles. The fourth-order valence-corrected chi connectivity index (χ4v) is 4.41. The molecule has 1 aliphatic carbocycles. The van der Waals surface area contributed by atoms with Crippen molar-refractivity contribution in [2.45, 2.75) is 76.9 Å². The lowest BCUT2D eigenvalue weighted by molar-refractivity contribution is -0.185. The normalized spacial score (nSPS) is 19.0. The highest BCUT2D eigenvalue weighted by Gasteiger charge is 2.37. The van der Waals surface area contributed by atoms with Gasteiger partial charge in [-0.3, -0.25) is 0 Å². The first-order valence-electron chi connectivity index (χ1n) is 11.3. The number of unbranched alkanes of at least 4 members (excludes halogenated alkanes) is 2. The molecule has 0 aliphatic heterocycles. The van der Waals surface area contributed by atoms with Crippen molar-refractivity contribution in [3.63, 3.8) is 0 Å². The highest BCUT2D eigenvalue weighted by atomic mass is 19.3. The molecule has 0 heterocycles. The van der Waals surface area contributed by atoms with Gasteiger partial charge in [0.05, 0.1) is 5.56 Å². The molecule has 2 aromatic rings. The van der Waals surface area contributed by atoms with Gasteiger partial charge in [0.25, 0.3) is 0 Å². The maximum absolute atomic E-state index is 14.5. The maximum atomic E-state index is 14.5. The summed E-state index contributed by atoms with van der Waals surface area (Å²) in [7, 11) is 0. The van der Waals surface area contributed by atoms with Gasteiger partial charge in [-0.05, 0) is 67.3 Å². The predicted octanol–water partition coefficient (Wildman–Crippen LogP) is 8.55. The van der Waals surface area contributed by atoms with Gasteiger partial charge < -0.3 is 9.47 Å². The number of alkyl halides is 4. The maximum Gasteiger partial charge on any atom is 0.426 e. The molecule has 1 fully saturated rings. The summed E-state index contributed by atoms with van der Waals surface area (Å²) < 4.78 is 89.4. The summed E-state index contributed by atoms with van der Waals surface area (Å²) in [5.41, 5.74) is -0.104. The zero-order valence-electron chi connectivity index (χ0n) is 18.4. The summed E-state index contributed by atoms with van der Waals surface area (Å²) in [6, 6.07) is 6.69. The third kappa shape index (κ3) is 6.81. The number of benzene rings is 2. The topological polar surface area (TPSA) is 18.5 Å². The van der Waals surface area contributed by atoms with Crippen LogP contribution in [0.3, 0.4) is 0 Å². The quantitative estimate of drug-likeness (QED) is 0.254. The molecule has 3 rings (SSSR count). The summed E-state index contributed by atoms with van der Waals surface area (Å²) in [4.78, 5) is 0. The molecule has 0 aromatic heterocycles. The Bertz CT molecular complexity index is 869. The van der Waals surface area contributed by atoms with E-state index in [1.807, 2.05) is 0 Å². The van der Waals surface area contributed by atoms with Crippen LogP contribution < -0.4 is 9.47 Å². The number of halogens is 6. The van der Waals surface area contributed by atoms with Crippen LogP contribution >= 0.6 is 0 Å². The summed E-state index contributed by atoms with van der Waals surface area (Å²) >= 11 is 0. The molecule has 0 unspecified atom stereocenters. The van der Waals surface area contributed by atoms with Crippen molar-refractivity contribution in [3.8, 4) is 11.5 Å². The van der Waals surface area contributed by atoms with E-state index >= 15 is 0 Å². The zero-order chi connectivity index (χ0) is 24.0. The molecule has 0 spiro atoms. The fourth-order valence-electron chi connectivity index (χ4n) is 4.41. The molecule has 182 valence electrons. The van der Waals surface area contributed by atoms with Crippen molar-refractivity contribution in [1.29, 1.82) is 0 Å². The van der Waals surface area contributed by atoms with Gasteiger partial charge in [0.2, 0.25) is 0 Å². The minimum absolute atomic E-state index is 0.175. The molecule has 0 amide bonds. The van der Waals surface area contributed by atoms with Gasteiger partial charge in [-0.25, -0.2) is 8.78 Å². The molecule has 33 heavy (non-hydrogen) atoms. The Kier molecular flexibility index (Phi) is 8.54. The highest BCUT2D eigenvalue weighted by molar-refractivity contribution is 5.35. The second-order valence-corrected chi connectivity index (χ2v) is 8.55. The van der Waals surface area contributed by atoms with E-state index in [-0.39, 0.29) is 17.9 Å². The molecule has 8 heteroatoms. The van der Waals surface area contributed by atoms with Crippen LogP contribution in [0.25, 0.3) is 0 Å². The van der Waals surface area contributed by atoms with E-state index in [4.69, 9.17) is 0 Å². The largest absolute Gasteiger partial charge is 0.429 e. The van der Waals surface area contributed by atoms with Crippen LogP contribution in [0, 0.1) is 17.6 Å². The first-order chi connectivity index (χ1) is 15.7. The Balaban J connectivity index is 1.61. The summed E-state index contributed by atoms with van der Waals surface area (Å²) in [5.74, 6) is -3.82. The Morgan fingerprint density at radius 2 is 1.55 bits per heavy atom. The van der Waals surface area contributed by atoms with E-state index < -0.39 is 35.7 Å². The Morgan fingerprint density at radius 1 is 0.939 bits per heavy atom. The lowest BCUT2D eigenvalue weighted by atomic mass is 9.77. The van der Waals surface area contributed by atoms with Gasteiger partial charge in [0.1, 0.15) is 5.75 Å². The van der Waals surface area contributed by atoms with E-state index in [1.54, 1.807) is 12.1 Å². The van der Waals surface area contributed by atoms with Gasteiger partial charge in [0, 0.05) is 0 Å². The average molecular weight is 474 g/mol. The van der Waals surface area contributed by atoms with Crippen LogP contribution in [-0.2, 0) is 6.11 Å². The Morgan fingerprint density at radius 3 is 2.09 bits per heavy atom. The molecular formula is C25H28F6O2. The number of hydrogen-bond donors (Lipinski definition) is 0. The van der Waals surface area contributed by atoms with E-state index in [1.165, 1.54) is 37.8 Å². The third-order valence-corrected chi connectivity index (χ3v) is 6.20. The van der Waals surface area contributed by atoms with Gasteiger partial charge in [-0.2, -0.15) is 17.6 Å². The van der Waals surface area contributed by atoms with Gasteiger partial charge in [-0.15, -0.1) is 0 Å². The summed E-state index contributed by atoms with van der Waals surface area (Å²) in [6.45, 7) is -1.30. The minimum atomic E-state index is -4.08. The number of hydrogen-bond acceptors (Lipinski definition) is 2. The smallest absolute Gasteiger partial charge is 0.426 e. The average Bonchev–Trinajstić information content (AvgIpc) is 2.77. The lowest BCUT2D eigenvalue weighted by Gasteiger charge is -2.29. The third-order valence-electron chi connectivity index (χ3n) is 6.20. The van der Waals surface area contributed by atoms with Crippen LogP contribution in [0.2, 0.25) is 0 Å². The van der Waals surface area contributed by atoms with Crippen LogP contribution in [0.15, 0.2) is 36.4 Å². The minimum Gasteiger partial charge on any atom is -0.429 e.